The van der Waals surface area contributed by atoms with Gasteiger partial charge in [-0.15, -0.1) is 0 Å². The van der Waals surface area contributed by atoms with Crippen molar-refractivity contribution >= 4 is 11.9 Å². The van der Waals surface area contributed by atoms with Crippen molar-refractivity contribution in [1.29, 1.82) is 0 Å². The Morgan fingerprint density at radius 2 is 1.81 bits per heavy atom. The number of ether oxygens (including phenoxy) is 1. The zero-order chi connectivity index (χ0) is 12.7. The molecule has 0 fully saturated rings. The van der Waals surface area contributed by atoms with E-state index in [2.05, 4.69) is 11.7 Å². The van der Waals surface area contributed by atoms with Gasteiger partial charge in [0.05, 0.1) is 7.11 Å². The highest BCUT2D eigenvalue weighted by molar-refractivity contribution is 5.82. The van der Waals surface area contributed by atoms with Gasteiger partial charge in [0.2, 0.25) is 5.91 Å². The first-order valence-corrected chi connectivity index (χ1v) is 5.78. The lowest BCUT2D eigenvalue weighted by Gasteiger charge is -2.26. The molecule has 4 nitrogen and oxygen atoms in total. The summed E-state index contributed by atoms with van der Waals surface area (Å²) >= 11 is 0. The second-order valence-electron chi connectivity index (χ2n) is 4.41. The topological polar surface area (TPSA) is 46.6 Å². The molecule has 0 aliphatic carbocycles. The van der Waals surface area contributed by atoms with Crippen molar-refractivity contribution in [2.75, 3.05) is 13.7 Å². The first-order valence-electron chi connectivity index (χ1n) is 5.78. The SMILES string of the molecule is CCC(C)CC(=O)N(CC(=O)OC)C(C)C. The lowest BCUT2D eigenvalue weighted by Crippen LogP contribution is -2.41. The number of carbonyl (C=O) groups is 2. The van der Waals surface area contributed by atoms with Crippen LogP contribution in [0.1, 0.15) is 40.5 Å². The summed E-state index contributed by atoms with van der Waals surface area (Å²) < 4.78 is 4.58. The first kappa shape index (κ1) is 14.9. The van der Waals surface area contributed by atoms with E-state index in [4.69, 9.17) is 0 Å². The summed E-state index contributed by atoms with van der Waals surface area (Å²) in [5.74, 6) is 0.00680. The second-order valence-corrected chi connectivity index (χ2v) is 4.41. The molecule has 0 rings (SSSR count). The van der Waals surface area contributed by atoms with Crippen molar-refractivity contribution in [2.45, 2.75) is 46.6 Å². The molecule has 0 aliphatic heterocycles. The van der Waals surface area contributed by atoms with Crippen molar-refractivity contribution in [3.05, 3.63) is 0 Å². The summed E-state index contributed by atoms with van der Waals surface area (Å²) in [5, 5.41) is 0. The zero-order valence-corrected chi connectivity index (χ0v) is 10.9. The molecule has 1 amide bonds. The highest BCUT2D eigenvalue weighted by Gasteiger charge is 2.21. The third-order valence-electron chi connectivity index (χ3n) is 2.69. The number of hydrogen-bond acceptors (Lipinski definition) is 3. The van der Waals surface area contributed by atoms with Crippen LogP contribution in [0.2, 0.25) is 0 Å². The van der Waals surface area contributed by atoms with E-state index >= 15 is 0 Å². The average Bonchev–Trinajstić information content (AvgIpc) is 2.24. The summed E-state index contributed by atoms with van der Waals surface area (Å²) in [4.78, 5) is 24.7. The molecule has 0 aromatic heterocycles. The first-order chi connectivity index (χ1) is 7.42. The van der Waals surface area contributed by atoms with Crippen LogP contribution in [-0.2, 0) is 14.3 Å². The molecule has 16 heavy (non-hydrogen) atoms. The van der Waals surface area contributed by atoms with Crippen LogP contribution in [-0.4, -0.2) is 36.5 Å². The molecular formula is C12H23NO3. The predicted molar refractivity (Wildman–Crippen MR) is 62.9 cm³/mol. The molecule has 4 heteroatoms. The number of carbonyl (C=O) groups excluding carboxylic acids is 2. The Hall–Kier alpha value is -1.06. The molecule has 0 aromatic rings. The van der Waals surface area contributed by atoms with Crippen LogP contribution < -0.4 is 0 Å². The van der Waals surface area contributed by atoms with E-state index in [0.717, 1.165) is 6.42 Å². The van der Waals surface area contributed by atoms with Gasteiger partial charge < -0.3 is 9.64 Å². The van der Waals surface area contributed by atoms with Gasteiger partial charge in [-0.2, -0.15) is 0 Å². The summed E-state index contributed by atoms with van der Waals surface area (Å²) in [5.41, 5.74) is 0. The molecule has 0 radical (unpaired) electrons. The largest absolute Gasteiger partial charge is 0.468 e. The summed E-state index contributed by atoms with van der Waals surface area (Å²) in [6.45, 7) is 7.94. The van der Waals surface area contributed by atoms with Crippen LogP contribution in [0.15, 0.2) is 0 Å². The van der Waals surface area contributed by atoms with Gasteiger partial charge >= 0.3 is 5.97 Å². The van der Waals surface area contributed by atoms with Gasteiger partial charge in [-0.05, 0) is 19.8 Å². The Labute approximate surface area is 98.0 Å². The van der Waals surface area contributed by atoms with Gasteiger partial charge in [-0.1, -0.05) is 20.3 Å². The van der Waals surface area contributed by atoms with E-state index in [1.54, 1.807) is 4.90 Å². The second kappa shape index (κ2) is 7.25. The van der Waals surface area contributed by atoms with Gasteiger partial charge in [0, 0.05) is 12.5 Å². The third kappa shape index (κ3) is 5.14. The average molecular weight is 229 g/mol. The van der Waals surface area contributed by atoms with E-state index in [1.165, 1.54) is 7.11 Å². The minimum absolute atomic E-state index is 0.0229. The van der Waals surface area contributed by atoms with Gasteiger partial charge in [-0.25, -0.2) is 0 Å². The molecule has 0 saturated heterocycles. The summed E-state index contributed by atoms with van der Waals surface area (Å²) in [6, 6.07) is 0.0238. The number of rotatable bonds is 6. The van der Waals surface area contributed by atoms with Crippen LogP contribution in [0, 0.1) is 5.92 Å². The molecule has 0 heterocycles. The number of nitrogens with zero attached hydrogens (tertiary/aromatic N) is 1. The number of esters is 1. The maximum Gasteiger partial charge on any atom is 0.325 e. The van der Waals surface area contributed by atoms with Crippen LogP contribution >= 0.6 is 0 Å². The highest BCUT2D eigenvalue weighted by atomic mass is 16.5. The number of hydrogen-bond donors (Lipinski definition) is 0. The van der Waals surface area contributed by atoms with Gasteiger partial charge in [0.25, 0.3) is 0 Å². The molecular weight excluding hydrogens is 206 g/mol. The molecule has 0 aliphatic rings. The van der Waals surface area contributed by atoms with E-state index in [9.17, 15) is 9.59 Å². The molecule has 1 atom stereocenters. The standard InChI is InChI=1S/C12H23NO3/c1-6-10(4)7-11(14)13(9(2)3)8-12(15)16-5/h9-10H,6-8H2,1-5H3. The van der Waals surface area contributed by atoms with Crippen LogP contribution in [0.4, 0.5) is 0 Å². The van der Waals surface area contributed by atoms with E-state index in [1.807, 2.05) is 20.8 Å². The Balaban J connectivity index is 4.41. The minimum Gasteiger partial charge on any atom is -0.468 e. The molecule has 94 valence electrons. The molecule has 1 unspecified atom stereocenters. The van der Waals surface area contributed by atoms with Crippen molar-refractivity contribution < 1.29 is 14.3 Å². The van der Waals surface area contributed by atoms with Gasteiger partial charge in [-0.3, -0.25) is 9.59 Å². The van der Waals surface area contributed by atoms with E-state index < -0.39 is 0 Å². The molecule has 0 aromatic carbocycles. The zero-order valence-electron chi connectivity index (χ0n) is 10.9. The Bertz CT molecular complexity index is 238. The van der Waals surface area contributed by atoms with Crippen molar-refractivity contribution in [2.24, 2.45) is 5.92 Å². The Kier molecular flexibility index (Phi) is 6.77. The molecule has 0 saturated carbocycles. The van der Waals surface area contributed by atoms with Gasteiger partial charge in [0.15, 0.2) is 0 Å². The maximum absolute atomic E-state index is 11.9. The fraction of sp³-hybridized carbons (Fsp3) is 0.833. The Morgan fingerprint density at radius 1 is 1.25 bits per heavy atom. The van der Waals surface area contributed by atoms with Crippen molar-refractivity contribution in [1.82, 2.24) is 4.90 Å². The summed E-state index contributed by atoms with van der Waals surface area (Å²) in [6.07, 6.45) is 1.46. The van der Waals surface area contributed by atoms with Crippen LogP contribution in [0.5, 0.6) is 0 Å². The third-order valence-corrected chi connectivity index (χ3v) is 2.69. The molecule has 0 N–H and O–H groups in total. The molecule has 0 bridgehead atoms. The predicted octanol–water partition coefficient (Wildman–Crippen LogP) is 1.83. The smallest absolute Gasteiger partial charge is 0.325 e. The minimum atomic E-state index is -0.369. The van der Waals surface area contributed by atoms with E-state index in [-0.39, 0.29) is 24.5 Å². The van der Waals surface area contributed by atoms with Crippen molar-refractivity contribution in [3.63, 3.8) is 0 Å². The Morgan fingerprint density at radius 3 is 2.19 bits per heavy atom. The number of methoxy groups -OCH3 is 1. The quantitative estimate of drug-likeness (QED) is 0.653. The fourth-order valence-electron chi connectivity index (χ4n) is 1.32. The summed E-state index contributed by atoms with van der Waals surface area (Å²) in [7, 11) is 1.33. The fourth-order valence-corrected chi connectivity index (χ4v) is 1.32. The lowest BCUT2D eigenvalue weighted by atomic mass is 10.0. The lowest BCUT2D eigenvalue weighted by molar-refractivity contribution is -0.148. The number of amides is 1. The normalized spacial score (nSPS) is 12.4. The van der Waals surface area contributed by atoms with Crippen LogP contribution in [0.3, 0.4) is 0 Å². The van der Waals surface area contributed by atoms with Crippen molar-refractivity contribution in [3.8, 4) is 0 Å². The monoisotopic (exact) mass is 229 g/mol. The molecule has 0 spiro atoms. The van der Waals surface area contributed by atoms with Crippen LogP contribution in [0.25, 0.3) is 0 Å². The van der Waals surface area contributed by atoms with Gasteiger partial charge in [0.1, 0.15) is 6.54 Å². The highest BCUT2D eigenvalue weighted by Crippen LogP contribution is 2.11. The maximum atomic E-state index is 11.9. The van der Waals surface area contributed by atoms with E-state index in [0.29, 0.717) is 12.3 Å².